The summed E-state index contributed by atoms with van der Waals surface area (Å²) in [4.78, 5) is 25.4. The Balaban J connectivity index is 1.57. The Hall–Kier alpha value is -1.56. The van der Waals surface area contributed by atoms with Crippen LogP contribution in [-0.2, 0) is 47.5 Å². The highest BCUT2D eigenvalue weighted by Crippen LogP contribution is 2.49. The van der Waals surface area contributed by atoms with Crippen molar-refractivity contribution in [2.24, 2.45) is 23.7 Å². The first-order chi connectivity index (χ1) is 17.2. The maximum Gasteiger partial charge on any atom is 0.310 e. The first-order valence-electron chi connectivity index (χ1n) is 12.7. The second kappa shape index (κ2) is 18.7. The summed E-state index contributed by atoms with van der Waals surface area (Å²) in [5.74, 6) is -1.76. The van der Waals surface area contributed by atoms with Crippen LogP contribution in [0.3, 0.4) is 0 Å². The largest absolute Gasteiger partial charge is 0.463 e. The normalized spacial score (nSPS) is 22.6. The molecule has 0 amide bonds. The Morgan fingerprint density at radius 1 is 0.543 bits per heavy atom. The molecular formula is C25H42O10. The maximum absolute atomic E-state index is 12.7. The van der Waals surface area contributed by atoms with Crippen molar-refractivity contribution in [2.45, 2.75) is 20.3 Å². The summed E-state index contributed by atoms with van der Waals surface area (Å²) in [5, 5.41) is 0. The first-order valence-corrected chi connectivity index (χ1v) is 12.7. The van der Waals surface area contributed by atoms with E-state index in [1.807, 2.05) is 26.0 Å². The van der Waals surface area contributed by atoms with Crippen molar-refractivity contribution in [1.82, 2.24) is 0 Å². The van der Waals surface area contributed by atoms with Crippen LogP contribution in [0.25, 0.3) is 0 Å². The lowest BCUT2D eigenvalue weighted by atomic mass is 9.83. The van der Waals surface area contributed by atoms with Crippen LogP contribution in [0, 0.1) is 23.7 Å². The zero-order chi connectivity index (χ0) is 25.1. The van der Waals surface area contributed by atoms with Gasteiger partial charge in [0.15, 0.2) is 0 Å². The minimum atomic E-state index is -0.515. The van der Waals surface area contributed by atoms with Crippen LogP contribution >= 0.6 is 0 Å². The molecule has 2 bridgehead atoms. The molecule has 1 fully saturated rings. The Morgan fingerprint density at radius 2 is 0.857 bits per heavy atom. The van der Waals surface area contributed by atoms with Crippen molar-refractivity contribution >= 4 is 11.9 Å². The number of ether oxygens (including phenoxy) is 8. The lowest BCUT2D eigenvalue weighted by molar-refractivity contribution is -0.163. The van der Waals surface area contributed by atoms with Crippen LogP contribution in [0.1, 0.15) is 20.3 Å². The average Bonchev–Trinajstić information content (AvgIpc) is 3.48. The van der Waals surface area contributed by atoms with Gasteiger partial charge in [0.25, 0.3) is 0 Å². The van der Waals surface area contributed by atoms with E-state index in [-0.39, 0.29) is 50.2 Å². The lowest BCUT2D eigenvalue weighted by Crippen LogP contribution is -2.36. The van der Waals surface area contributed by atoms with E-state index in [2.05, 4.69) is 0 Å². The van der Waals surface area contributed by atoms with Crippen molar-refractivity contribution < 1.29 is 47.5 Å². The third kappa shape index (κ3) is 11.4. The third-order valence-corrected chi connectivity index (χ3v) is 5.84. The number of allylic oxidation sites excluding steroid dienone is 2. The molecule has 0 aromatic carbocycles. The van der Waals surface area contributed by atoms with Gasteiger partial charge in [-0.05, 0) is 32.1 Å². The number of carbonyl (C=O) groups is 2. The van der Waals surface area contributed by atoms with Crippen LogP contribution in [-0.4, -0.2) is 104 Å². The van der Waals surface area contributed by atoms with Gasteiger partial charge in [0, 0.05) is 13.2 Å². The predicted molar refractivity (Wildman–Crippen MR) is 126 cm³/mol. The molecule has 2 aliphatic carbocycles. The van der Waals surface area contributed by atoms with Crippen LogP contribution in [0.5, 0.6) is 0 Å². The van der Waals surface area contributed by atoms with E-state index < -0.39 is 11.8 Å². The van der Waals surface area contributed by atoms with E-state index in [1.165, 1.54) is 0 Å². The molecule has 0 N–H and O–H groups in total. The highest BCUT2D eigenvalue weighted by atomic mass is 16.6. The van der Waals surface area contributed by atoms with Gasteiger partial charge in [0.05, 0.1) is 77.9 Å². The molecule has 0 saturated heterocycles. The van der Waals surface area contributed by atoms with Crippen LogP contribution in [0.2, 0.25) is 0 Å². The third-order valence-electron chi connectivity index (χ3n) is 5.84. The summed E-state index contributed by atoms with van der Waals surface area (Å²) in [6.07, 6.45) is 4.78. The van der Waals surface area contributed by atoms with E-state index in [1.54, 1.807) is 0 Å². The van der Waals surface area contributed by atoms with E-state index in [0.29, 0.717) is 66.1 Å². The fourth-order valence-electron chi connectivity index (χ4n) is 4.23. The molecule has 0 aromatic heterocycles. The van der Waals surface area contributed by atoms with E-state index in [4.69, 9.17) is 37.9 Å². The van der Waals surface area contributed by atoms with Gasteiger partial charge in [-0.3, -0.25) is 9.59 Å². The van der Waals surface area contributed by atoms with Crippen molar-refractivity contribution in [3.63, 3.8) is 0 Å². The first kappa shape index (κ1) is 29.7. The standard InChI is InChI=1S/C25H42O10/c1-3-28-7-9-30-11-13-32-15-17-34-24(26)22-20-5-6-21(19-20)23(22)25(27)35-18-16-33-14-12-31-10-8-29-4-2/h5-6,20-23H,3-4,7-19H2,1-2H3/t20-,21+,22-,23+. The van der Waals surface area contributed by atoms with Gasteiger partial charge in [-0.2, -0.15) is 0 Å². The van der Waals surface area contributed by atoms with Gasteiger partial charge in [-0.15, -0.1) is 0 Å². The zero-order valence-corrected chi connectivity index (χ0v) is 21.2. The van der Waals surface area contributed by atoms with Crippen LogP contribution < -0.4 is 0 Å². The summed E-state index contributed by atoms with van der Waals surface area (Å²) in [6.45, 7) is 9.95. The van der Waals surface area contributed by atoms with E-state index in [9.17, 15) is 9.59 Å². The number of hydrogen-bond donors (Lipinski definition) is 0. The smallest absolute Gasteiger partial charge is 0.310 e. The number of rotatable bonds is 22. The zero-order valence-electron chi connectivity index (χ0n) is 21.2. The molecule has 202 valence electrons. The molecule has 2 rings (SSSR count). The highest BCUT2D eigenvalue weighted by molar-refractivity contribution is 5.84. The highest BCUT2D eigenvalue weighted by Gasteiger charge is 2.53. The van der Waals surface area contributed by atoms with Gasteiger partial charge < -0.3 is 37.9 Å². The monoisotopic (exact) mass is 502 g/mol. The number of hydrogen-bond acceptors (Lipinski definition) is 10. The van der Waals surface area contributed by atoms with Crippen molar-refractivity contribution in [3.8, 4) is 0 Å². The molecule has 2 aliphatic rings. The van der Waals surface area contributed by atoms with Gasteiger partial charge in [0.1, 0.15) is 13.2 Å². The van der Waals surface area contributed by atoms with Gasteiger partial charge in [-0.1, -0.05) is 12.2 Å². The molecule has 0 radical (unpaired) electrons. The maximum atomic E-state index is 12.7. The van der Waals surface area contributed by atoms with Crippen LogP contribution in [0.4, 0.5) is 0 Å². The minimum absolute atomic E-state index is 0.00907. The van der Waals surface area contributed by atoms with Gasteiger partial charge in [-0.25, -0.2) is 0 Å². The molecule has 0 heterocycles. The predicted octanol–water partition coefficient (Wildman–Crippen LogP) is 1.65. The second-order valence-electron chi connectivity index (χ2n) is 8.18. The lowest BCUT2D eigenvalue weighted by Gasteiger charge is -2.25. The average molecular weight is 503 g/mol. The second-order valence-corrected chi connectivity index (χ2v) is 8.18. The molecule has 35 heavy (non-hydrogen) atoms. The molecule has 4 atom stereocenters. The Bertz CT molecular complexity index is 561. The Labute approximate surface area is 208 Å². The van der Waals surface area contributed by atoms with Gasteiger partial charge in [0.2, 0.25) is 0 Å². The van der Waals surface area contributed by atoms with Crippen molar-refractivity contribution in [2.75, 3.05) is 92.5 Å². The van der Waals surface area contributed by atoms with Crippen molar-refractivity contribution in [3.05, 3.63) is 12.2 Å². The molecule has 1 saturated carbocycles. The summed E-state index contributed by atoms with van der Waals surface area (Å²) in [7, 11) is 0. The van der Waals surface area contributed by atoms with Crippen LogP contribution in [0.15, 0.2) is 12.2 Å². The molecule has 0 unspecified atom stereocenters. The minimum Gasteiger partial charge on any atom is -0.463 e. The molecular weight excluding hydrogens is 460 g/mol. The van der Waals surface area contributed by atoms with Gasteiger partial charge >= 0.3 is 11.9 Å². The Kier molecular flexibility index (Phi) is 15.8. The van der Waals surface area contributed by atoms with E-state index in [0.717, 1.165) is 6.42 Å². The number of carbonyl (C=O) groups excluding carboxylic acids is 2. The fourth-order valence-corrected chi connectivity index (χ4v) is 4.23. The molecule has 0 aliphatic heterocycles. The molecule has 10 nitrogen and oxygen atoms in total. The summed E-state index contributed by atoms with van der Waals surface area (Å²) < 4.78 is 42.8. The topological polar surface area (TPSA) is 108 Å². The summed E-state index contributed by atoms with van der Waals surface area (Å²) >= 11 is 0. The SMILES string of the molecule is CCOCCOCCOCCOC(=O)[C@@H]1[C@H](C(=O)OCCOCCOCCOCC)[C@@H]2C=C[C@H]1C2. The molecule has 0 aromatic rings. The Morgan fingerprint density at radius 3 is 1.20 bits per heavy atom. The summed E-state index contributed by atoms with van der Waals surface area (Å²) in [5.41, 5.74) is 0. The van der Waals surface area contributed by atoms with E-state index >= 15 is 0 Å². The van der Waals surface area contributed by atoms with Crippen molar-refractivity contribution in [1.29, 1.82) is 0 Å². The fraction of sp³-hybridized carbons (Fsp3) is 0.840. The molecule has 0 spiro atoms. The quantitative estimate of drug-likeness (QED) is 0.123. The summed E-state index contributed by atoms with van der Waals surface area (Å²) in [6, 6.07) is 0. The number of fused-ring (bicyclic) bond motifs is 2. The molecule has 10 heteroatoms. The number of esters is 2.